The van der Waals surface area contributed by atoms with Crippen molar-refractivity contribution >= 4 is 73.7 Å². The smallest absolute Gasteiger partial charge is 0.258 e. The Kier molecular flexibility index (Phi) is 6.01. The molecular formula is C22H15Cl2N3OS2. The van der Waals surface area contributed by atoms with Crippen LogP contribution in [-0.4, -0.2) is 16.0 Å². The number of amides is 1. The third kappa shape index (κ3) is 4.32. The number of hydrogen-bond donors (Lipinski definition) is 2. The molecule has 8 heteroatoms. The highest BCUT2D eigenvalue weighted by molar-refractivity contribution is 7.80. The second kappa shape index (κ2) is 8.70. The molecule has 0 spiro atoms. The van der Waals surface area contributed by atoms with Crippen molar-refractivity contribution in [3.05, 3.63) is 81.8 Å². The maximum absolute atomic E-state index is 12.5. The van der Waals surface area contributed by atoms with Gasteiger partial charge in [-0.05, 0) is 61.1 Å². The first-order valence-electron chi connectivity index (χ1n) is 8.95. The monoisotopic (exact) mass is 471 g/mol. The van der Waals surface area contributed by atoms with E-state index in [1.807, 2.05) is 43.3 Å². The standard InChI is InChI=1S/C22H15Cl2N3OS2/c1-12-14(21-25-18-6-2-3-8-19(18)30-21)5-4-7-17(12)26-22(29)27-20(28)15-11-13(23)9-10-16(15)24/h2-11H,1H3,(H2,26,27,28,29). The van der Waals surface area contributed by atoms with Crippen molar-refractivity contribution in [2.45, 2.75) is 6.92 Å². The van der Waals surface area contributed by atoms with Crippen molar-refractivity contribution in [3.8, 4) is 10.6 Å². The summed E-state index contributed by atoms with van der Waals surface area (Å²) in [5.74, 6) is -0.431. The molecule has 0 unspecified atom stereocenters. The molecule has 1 aromatic heterocycles. The van der Waals surface area contributed by atoms with Gasteiger partial charge in [-0.25, -0.2) is 4.98 Å². The van der Waals surface area contributed by atoms with E-state index < -0.39 is 5.91 Å². The number of fused-ring (bicyclic) bond motifs is 1. The molecule has 30 heavy (non-hydrogen) atoms. The van der Waals surface area contributed by atoms with E-state index in [9.17, 15) is 4.79 Å². The predicted molar refractivity (Wildman–Crippen MR) is 130 cm³/mol. The molecule has 1 heterocycles. The van der Waals surface area contributed by atoms with Crippen LogP contribution in [0.4, 0.5) is 5.69 Å². The van der Waals surface area contributed by atoms with Crippen molar-refractivity contribution in [2.75, 3.05) is 5.32 Å². The number of carbonyl (C=O) groups is 1. The summed E-state index contributed by atoms with van der Waals surface area (Å²) in [5.41, 5.74) is 4.00. The van der Waals surface area contributed by atoms with Gasteiger partial charge in [0, 0.05) is 16.3 Å². The SMILES string of the molecule is Cc1c(NC(=S)NC(=O)c2cc(Cl)ccc2Cl)cccc1-c1nc2ccccc2s1. The fourth-order valence-electron chi connectivity index (χ4n) is 2.99. The Balaban J connectivity index is 1.55. The van der Waals surface area contributed by atoms with Gasteiger partial charge in [0.2, 0.25) is 0 Å². The Morgan fingerprint density at radius 1 is 1.07 bits per heavy atom. The number of benzene rings is 3. The number of thiazole rings is 1. The minimum absolute atomic E-state index is 0.167. The molecule has 0 aliphatic carbocycles. The number of rotatable bonds is 3. The fraction of sp³-hybridized carbons (Fsp3) is 0.0455. The van der Waals surface area contributed by atoms with Crippen LogP contribution >= 0.6 is 46.8 Å². The van der Waals surface area contributed by atoms with E-state index >= 15 is 0 Å². The van der Waals surface area contributed by atoms with E-state index in [4.69, 9.17) is 40.4 Å². The van der Waals surface area contributed by atoms with Gasteiger partial charge in [-0.1, -0.05) is 47.5 Å². The molecule has 150 valence electrons. The van der Waals surface area contributed by atoms with Crippen molar-refractivity contribution in [1.29, 1.82) is 0 Å². The Morgan fingerprint density at radius 3 is 2.67 bits per heavy atom. The normalized spacial score (nSPS) is 10.8. The number of halogens is 2. The van der Waals surface area contributed by atoms with Gasteiger partial charge in [-0.3, -0.25) is 10.1 Å². The minimum Gasteiger partial charge on any atom is -0.332 e. The third-order valence-electron chi connectivity index (χ3n) is 4.51. The van der Waals surface area contributed by atoms with Crippen LogP contribution in [0.3, 0.4) is 0 Å². The number of aromatic nitrogens is 1. The molecule has 0 atom stereocenters. The van der Waals surface area contributed by atoms with Crippen LogP contribution in [0.25, 0.3) is 20.8 Å². The second-order valence-corrected chi connectivity index (χ2v) is 8.78. The first kappa shape index (κ1) is 20.8. The number of thiocarbonyl (C=S) groups is 1. The number of para-hydroxylation sites is 1. The molecule has 0 fully saturated rings. The topological polar surface area (TPSA) is 54.0 Å². The molecule has 0 saturated heterocycles. The molecule has 4 aromatic rings. The second-order valence-electron chi connectivity index (χ2n) is 6.50. The molecule has 4 rings (SSSR count). The van der Waals surface area contributed by atoms with E-state index in [1.54, 1.807) is 23.5 Å². The molecule has 0 aliphatic rings. The average Bonchev–Trinajstić information content (AvgIpc) is 3.15. The summed E-state index contributed by atoms with van der Waals surface area (Å²) in [6, 6.07) is 18.6. The highest BCUT2D eigenvalue weighted by Crippen LogP contribution is 2.34. The van der Waals surface area contributed by atoms with Gasteiger partial charge in [-0.15, -0.1) is 11.3 Å². The van der Waals surface area contributed by atoms with Crippen molar-refractivity contribution in [2.24, 2.45) is 0 Å². The lowest BCUT2D eigenvalue weighted by Gasteiger charge is -2.14. The summed E-state index contributed by atoms with van der Waals surface area (Å²) >= 11 is 19.0. The van der Waals surface area contributed by atoms with Crippen LogP contribution in [-0.2, 0) is 0 Å². The zero-order valence-electron chi connectivity index (χ0n) is 15.7. The van der Waals surface area contributed by atoms with E-state index in [0.29, 0.717) is 10.0 Å². The Labute approximate surface area is 192 Å². The number of nitrogens with one attached hydrogen (secondary N) is 2. The highest BCUT2D eigenvalue weighted by atomic mass is 35.5. The zero-order chi connectivity index (χ0) is 21.3. The third-order valence-corrected chi connectivity index (χ3v) is 6.34. The highest BCUT2D eigenvalue weighted by Gasteiger charge is 2.15. The number of anilines is 1. The molecule has 0 radical (unpaired) electrons. The van der Waals surface area contributed by atoms with E-state index in [0.717, 1.165) is 32.0 Å². The first-order chi connectivity index (χ1) is 14.4. The molecular weight excluding hydrogens is 457 g/mol. The summed E-state index contributed by atoms with van der Waals surface area (Å²) in [5, 5.41) is 7.55. The van der Waals surface area contributed by atoms with Crippen molar-refractivity contribution < 1.29 is 4.79 Å². The van der Waals surface area contributed by atoms with Gasteiger partial charge < -0.3 is 5.32 Å². The average molecular weight is 472 g/mol. The van der Waals surface area contributed by atoms with Crippen LogP contribution in [0.5, 0.6) is 0 Å². The summed E-state index contributed by atoms with van der Waals surface area (Å²) in [4.78, 5) is 17.2. The van der Waals surface area contributed by atoms with Crippen molar-refractivity contribution in [3.63, 3.8) is 0 Å². The Hall–Kier alpha value is -2.51. The van der Waals surface area contributed by atoms with Gasteiger partial charge in [0.15, 0.2) is 5.11 Å². The zero-order valence-corrected chi connectivity index (χ0v) is 18.8. The molecule has 0 saturated carbocycles. The lowest BCUT2D eigenvalue weighted by molar-refractivity contribution is 0.0978. The lowest BCUT2D eigenvalue weighted by Crippen LogP contribution is -2.34. The van der Waals surface area contributed by atoms with Crippen LogP contribution < -0.4 is 10.6 Å². The molecule has 4 nitrogen and oxygen atoms in total. The molecule has 3 aromatic carbocycles. The summed E-state index contributed by atoms with van der Waals surface area (Å²) in [7, 11) is 0. The van der Waals surface area contributed by atoms with Crippen LogP contribution in [0, 0.1) is 6.92 Å². The minimum atomic E-state index is -0.431. The Morgan fingerprint density at radius 2 is 1.87 bits per heavy atom. The molecule has 2 N–H and O–H groups in total. The number of nitrogens with zero attached hydrogens (tertiary/aromatic N) is 1. The molecule has 0 aliphatic heterocycles. The predicted octanol–water partition coefficient (Wildman–Crippen LogP) is 6.71. The Bertz CT molecular complexity index is 1250. The summed E-state index contributed by atoms with van der Waals surface area (Å²) in [6.07, 6.45) is 0. The van der Waals surface area contributed by atoms with E-state index in [2.05, 4.69) is 16.7 Å². The molecule has 1 amide bonds. The quantitative estimate of drug-likeness (QED) is 0.326. The largest absolute Gasteiger partial charge is 0.332 e. The summed E-state index contributed by atoms with van der Waals surface area (Å²) < 4.78 is 1.13. The maximum atomic E-state index is 12.5. The number of hydrogen-bond acceptors (Lipinski definition) is 4. The lowest BCUT2D eigenvalue weighted by atomic mass is 10.1. The van der Waals surface area contributed by atoms with Gasteiger partial charge in [0.05, 0.1) is 20.8 Å². The maximum Gasteiger partial charge on any atom is 0.258 e. The summed E-state index contributed by atoms with van der Waals surface area (Å²) in [6.45, 7) is 1.99. The van der Waals surface area contributed by atoms with Gasteiger partial charge >= 0.3 is 0 Å². The van der Waals surface area contributed by atoms with Gasteiger partial charge in [-0.2, -0.15) is 0 Å². The van der Waals surface area contributed by atoms with Crippen LogP contribution in [0.2, 0.25) is 10.0 Å². The number of carbonyl (C=O) groups excluding carboxylic acids is 1. The fourth-order valence-corrected chi connectivity index (χ4v) is 4.61. The van der Waals surface area contributed by atoms with Crippen molar-refractivity contribution in [1.82, 2.24) is 10.3 Å². The molecule has 0 bridgehead atoms. The van der Waals surface area contributed by atoms with E-state index in [1.165, 1.54) is 6.07 Å². The van der Waals surface area contributed by atoms with E-state index in [-0.39, 0.29) is 10.7 Å². The van der Waals surface area contributed by atoms with Crippen LogP contribution in [0.1, 0.15) is 15.9 Å². The first-order valence-corrected chi connectivity index (χ1v) is 10.9. The van der Waals surface area contributed by atoms with Gasteiger partial charge in [0.25, 0.3) is 5.91 Å². The van der Waals surface area contributed by atoms with Crippen LogP contribution in [0.15, 0.2) is 60.7 Å². The van der Waals surface area contributed by atoms with Gasteiger partial charge in [0.1, 0.15) is 5.01 Å².